The number of carbonyl (C=O) groups is 2. The highest BCUT2D eigenvalue weighted by molar-refractivity contribution is 7.59. The molecule has 0 saturated heterocycles. The van der Waals surface area contributed by atoms with Crippen LogP contribution in [0.25, 0.3) is 0 Å². The van der Waals surface area contributed by atoms with E-state index in [0.717, 1.165) is 18.2 Å². The average Bonchev–Trinajstić information content (AvgIpc) is 3.20. The summed E-state index contributed by atoms with van der Waals surface area (Å²) in [5.41, 5.74) is -0.722. The maximum Gasteiger partial charge on any atom is 0.416 e. The lowest BCUT2D eigenvalue weighted by molar-refractivity contribution is -0.137. The molecule has 2 heterocycles. The fourth-order valence-corrected chi connectivity index (χ4v) is 3.60. The number of benzene rings is 2. The van der Waals surface area contributed by atoms with Gasteiger partial charge in [-0.25, -0.2) is 4.39 Å². The molecule has 0 saturated carbocycles. The van der Waals surface area contributed by atoms with Crippen LogP contribution < -0.4 is 15.0 Å². The molecular weight excluding hydrogens is 476 g/mol. The van der Waals surface area contributed by atoms with Crippen LogP contribution in [-0.2, 0) is 6.18 Å². The molecule has 1 atom stereocenters. The number of hydrogen-bond acceptors (Lipinski definition) is 4. The van der Waals surface area contributed by atoms with Gasteiger partial charge in [-0.05, 0) is 43.3 Å². The van der Waals surface area contributed by atoms with Gasteiger partial charge in [-0.1, -0.05) is 0 Å². The monoisotopic (exact) mass is 496 g/mol. The van der Waals surface area contributed by atoms with E-state index in [1.807, 2.05) is 0 Å². The third-order valence-electron chi connectivity index (χ3n) is 5.28. The van der Waals surface area contributed by atoms with E-state index in [0.29, 0.717) is 0 Å². The molecule has 0 bridgehead atoms. The van der Waals surface area contributed by atoms with Crippen LogP contribution in [0.2, 0.25) is 0 Å². The van der Waals surface area contributed by atoms with Crippen molar-refractivity contribution >= 4 is 36.7 Å². The SMILES string of the molecule is COc1ccc(C(=O)Nc2cnn3c2C(=O)N(c2ccc(C(F)(F)F)cc2)C[C@@H]3C)c(F)c1.S. The lowest BCUT2D eigenvalue weighted by Crippen LogP contribution is -2.43. The molecule has 0 radical (unpaired) electrons. The molecule has 1 N–H and O–H groups in total. The Hall–Kier alpha value is -3.54. The van der Waals surface area contributed by atoms with Crippen molar-refractivity contribution < 1.29 is 31.9 Å². The number of nitrogens with zero attached hydrogens (tertiary/aromatic N) is 3. The van der Waals surface area contributed by atoms with Gasteiger partial charge >= 0.3 is 6.18 Å². The Morgan fingerprint density at radius 3 is 2.44 bits per heavy atom. The standard InChI is InChI=1S/C22H18F4N4O3.H2S/c1-12-11-29(14-5-3-13(4-6-14)22(24,25)26)21(32)19-18(10-27-30(12)19)28-20(31)16-8-7-15(33-2)9-17(16)23;/h3-10,12H,11H2,1-2H3,(H,28,31);1H2/t12-;/m0./s1. The Labute approximate surface area is 198 Å². The normalized spacial score (nSPS) is 15.4. The zero-order valence-corrected chi connectivity index (χ0v) is 19.0. The number of alkyl halides is 3. The van der Waals surface area contributed by atoms with Gasteiger partial charge in [0.15, 0.2) is 5.69 Å². The smallest absolute Gasteiger partial charge is 0.416 e. The van der Waals surface area contributed by atoms with Crippen LogP contribution in [0.4, 0.5) is 28.9 Å². The summed E-state index contributed by atoms with van der Waals surface area (Å²) in [5, 5.41) is 6.65. The van der Waals surface area contributed by atoms with Gasteiger partial charge in [0, 0.05) is 18.3 Å². The molecule has 7 nitrogen and oxygen atoms in total. The van der Waals surface area contributed by atoms with Crippen molar-refractivity contribution in [3.05, 3.63) is 71.3 Å². The third-order valence-corrected chi connectivity index (χ3v) is 5.28. The Morgan fingerprint density at radius 2 is 1.85 bits per heavy atom. The highest BCUT2D eigenvalue weighted by Gasteiger charge is 2.35. The molecule has 0 unspecified atom stereocenters. The lowest BCUT2D eigenvalue weighted by atomic mass is 10.1. The fraction of sp³-hybridized carbons (Fsp3) is 0.227. The van der Waals surface area contributed by atoms with E-state index >= 15 is 0 Å². The summed E-state index contributed by atoms with van der Waals surface area (Å²) < 4.78 is 59.2. The van der Waals surface area contributed by atoms with E-state index in [2.05, 4.69) is 10.4 Å². The zero-order chi connectivity index (χ0) is 23.9. The Morgan fingerprint density at radius 1 is 1.18 bits per heavy atom. The first-order chi connectivity index (χ1) is 15.6. The predicted molar refractivity (Wildman–Crippen MR) is 121 cm³/mol. The van der Waals surface area contributed by atoms with E-state index in [4.69, 9.17) is 4.74 Å². The predicted octanol–water partition coefficient (Wildman–Crippen LogP) is 4.64. The first-order valence-corrected chi connectivity index (χ1v) is 9.81. The van der Waals surface area contributed by atoms with Crippen LogP contribution in [0, 0.1) is 5.82 Å². The molecule has 180 valence electrons. The Bertz CT molecular complexity index is 1230. The number of methoxy groups -OCH3 is 1. The second kappa shape index (κ2) is 9.37. The van der Waals surface area contributed by atoms with Crippen LogP contribution in [0.15, 0.2) is 48.7 Å². The number of carbonyl (C=O) groups excluding carboxylic acids is 2. The van der Waals surface area contributed by atoms with Crippen molar-refractivity contribution in [1.82, 2.24) is 9.78 Å². The van der Waals surface area contributed by atoms with Gasteiger partial charge < -0.3 is 15.0 Å². The number of amides is 2. The van der Waals surface area contributed by atoms with Gasteiger partial charge in [0.05, 0.1) is 36.2 Å². The summed E-state index contributed by atoms with van der Waals surface area (Å²) in [6.07, 6.45) is -3.22. The number of rotatable bonds is 4. The molecule has 1 aliphatic rings. The maximum atomic E-state index is 14.3. The molecule has 0 spiro atoms. The van der Waals surface area contributed by atoms with Crippen LogP contribution in [-0.4, -0.2) is 35.2 Å². The first-order valence-electron chi connectivity index (χ1n) is 9.81. The summed E-state index contributed by atoms with van der Waals surface area (Å²) in [6, 6.07) is 7.62. The van der Waals surface area contributed by atoms with Crippen LogP contribution in [0.3, 0.4) is 0 Å². The largest absolute Gasteiger partial charge is 0.497 e. The highest BCUT2D eigenvalue weighted by Crippen LogP contribution is 2.33. The van der Waals surface area contributed by atoms with E-state index in [1.54, 1.807) is 6.92 Å². The molecule has 1 aromatic heterocycles. The van der Waals surface area contributed by atoms with Crippen molar-refractivity contribution in [2.24, 2.45) is 0 Å². The number of anilines is 2. The van der Waals surface area contributed by atoms with Gasteiger partial charge in [0.25, 0.3) is 11.8 Å². The number of fused-ring (bicyclic) bond motifs is 1. The van der Waals surface area contributed by atoms with Crippen molar-refractivity contribution in [3.8, 4) is 5.75 Å². The van der Waals surface area contributed by atoms with Gasteiger partial charge in [-0.3, -0.25) is 14.3 Å². The van der Waals surface area contributed by atoms with E-state index in [9.17, 15) is 27.2 Å². The topological polar surface area (TPSA) is 76.5 Å². The summed E-state index contributed by atoms with van der Waals surface area (Å²) in [7, 11) is 1.36. The summed E-state index contributed by atoms with van der Waals surface area (Å²) in [5.74, 6) is -1.92. The van der Waals surface area contributed by atoms with Gasteiger partial charge in [-0.15, -0.1) is 0 Å². The Balaban J connectivity index is 0.00000324. The minimum Gasteiger partial charge on any atom is -0.497 e. The molecule has 2 aromatic carbocycles. The molecule has 2 amide bonds. The summed E-state index contributed by atoms with van der Waals surface area (Å²) in [6.45, 7) is 1.94. The molecule has 34 heavy (non-hydrogen) atoms. The first kappa shape index (κ1) is 25.1. The number of halogens is 4. The highest BCUT2D eigenvalue weighted by atomic mass is 32.1. The van der Waals surface area contributed by atoms with Gasteiger partial charge in [0.2, 0.25) is 0 Å². The second-order valence-corrected chi connectivity index (χ2v) is 7.46. The van der Waals surface area contributed by atoms with Crippen LogP contribution in [0.5, 0.6) is 5.75 Å². The molecule has 3 aromatic rings. The van der Waals surface area contributed by atoms with E-state index in [1.165, 1.54) is 47.2 Å². The second-order valence-electron chi connectivity index (χ2n) is 7.46. The molecule has 12 heteroatoms. The number of aromatic nitrogens is 2. The fourth-order valence-electron chi connectivity index (χ4n) is 3.60. The average molecular weight is 496 g/mol. The minimum atomic E-state index is -4.50. The van der Waals surface area contributed by atoms with Crippen LogP contribution in [0.1, 0.15) is 39.4 Å². The summed E-state index contributed by atoms with van der Waals surface area (Å²) in [4.78, 5) is 27.1. The van der Waals surface area contributed by atoms with Gasteiger partial charge in [-0.2, -0.15) is 31.8 Å². The van der Waals surface area contributed by atoms with Crippen molar-refractivity contribution in [3.63, 3.8) is 0 Å². The van der Waals surface area contributed by atoms with E-state index in [-0.39, 0.29) is 54.5 Å². The lowest BCUT2D eigenvalue weighted by Gasteiger charge is -2.32. The molecule has 0 fully saturated rings. The van der Waals surface area contributed by atoms with Crippen molar-refractivity contribution in [2.45, 2.75) is 19.1 Å². The molecule has 1 aliphatic heterocycles. The Kier molecular flexibility index (Phi) is 6.92. The van der Waals surface area contributed by atoms with Gasteiger partial charge in [0.1, 0.15) is 11.6 Å². The number of hydrogen-bond donors (Lipinski definition) is 1. The maximum absolute atomic E-state index is 14.3. The number of ether oxygens (including phenoxy) is 1. The van der Waals surface area contributed by atoms with Crippen LogP contribution >= 0.6 is 13.5 Å². The molecule has 0 aliphatic carbocycles. The quantitative estimate of drug-likeness (QED) is 0.534. The molecule has 4 rings (SSSR count). The van der Waals surface area contributed by atoms with Crippen molar-refractivity contribution in [1.29, 1.82) is 0 Å². The van der Waals surface area contributed by atoms with Crippen molar-refractivity contribution in [2.75, 3.05) is 23.9 Å². The summed E-state index contributed by atoms with van der Waals surface area (Å²) >= 11 is 0. The number of nitrogens with one attached hydrogen (secondary N) is 1. The molecular formula is C22H20F4N4O3S. The third kappa shape index (κ3) is 4.58. The van der Waals surface area contributed by atoms with E-state index < -0.39 is 29.4 Å². The minimum absolute atomic E-state index is 0. The zero-order valence-electron chi connectivity index (χ0n) is 18.0.